The van der Waals surface area contributed by atoms with E-state index in [1.165, 1.54) is 0 Å². The predicted molar refractivity (Wildman–Crippen MR) is 109 cm³/mol. The molecular formula is C24H19NO4. The van der Waals surface area contributed by atoms with Gasteiger partial charge in [-0.15, -0.1) is 0 Å². The largest absolute Gasteiger partial charge is 0.457 e. The number of anilines is 1. The van der Waals surface area contributed by atoms with Crippen LogP contribution in [0.25, 0.3) is 11.1 Å². The highest BCUT2D eigenvalue weighted by Gasteiger charge is 2.30. The average Bonchev–Trinajstić information content (AvgIpc) is 3.11. The summed E-state index contributed by atoms with van der Waals surface area (Å²) in [5.41, 5.74) is 3.97. The summed E-state index contributed by atoms with van der Waals surface area (Å²) in [5, 5.41) is 0. The van der Waals surface area contributed by atoms with Crippen molar-refractivity contribution in [2.24, 2.45) is 0 Å². The van der Waals surface area contributed by atoms with Gasteiger partial charge in [-0.25, -0.2) is 4.79 Å². The molecule has 1 aliphatic heterocycles. The van der Waals surface area contributed by atoms with Crippen LogP contribution in [0.3, 0.4) is 0 Å². The highest BCUT2D eigenvalue weighted by molar-refractivity contribution is 6.19. The van der Waals surface area contributed by atoms with Crippen molar-refractivity contribution in [3.63, 3.8) is 0 Å². The van der Waals surface area contributed by atoms with Gasteiger partial charge in [0.1, 0.15) is 6.61 Å². The molecule has 0 atom stereocenters. The highest BCUT2D eigenvalue weighted by atomic mass is 16.5. The second-order valence-electron chi connectivity index (χ2n) is 6.81. The van der Waals surface area contributed by atoms with Crippen LogP contribution < -0.4 is 4.90 Å². The van der Waals surface area contributed by atoms with Gasteiger partial charge in [-0.05, 0) is 41.0 Å². The van der Waals surface area contributed by atoms with Crippen LogP contribution in [0.2, 0.25) is 0 Å². The van der Waals surface area contributed by atoms with E-state index < -0.39 is 5.97 Å². The van der Waals surface area contributed by atoms with Gasteiger partial charge < -0.3 is 4.74 Å². The van der Waals surface area contributed by atoms with Crippen molar-refractivity contribution in [3.8, 4) is 11.1 Å². The Hall–Kier alpha value is -3.73. The van der Waals surface area contributed by atoms with E-state index in [-0.39, 0.29) is 31.3 Å². The fourth-order valence-corrected chi connectivity index (χ4v) is 3.27. The molecule has 0 aliphatic carbocycles. The van der Waals surface area contributed by atoms with Crippen LogP contribution in [0.1, 0.15) is 28.8 Å². The minimum atomic E-state index is -0.456. The molecular weight excluding hydrogens is 366 g/mol. The molecule has 0 N–H and O–H groups in total. The number of nitrogens with zero attached hydrogens (tertiary/aromatic N) is 1. The zero-order valence-electron chi connectivity index (χ0n) is 15.7. The minimum absolute atomic E-state index is 0.165. The van der Waals surface area contributed by atoms with E-state index in [2.05, 4.69) is 0 Å². The van der Waals surface area contributed by atoms with Crippen LogP contribution in [0.5, 0.6) is 0 Å². The molecule has 0 aromatic heterocycles. The molecule has 0 radical (unpaired) electrons. The molecule has 3 aromatic carbocycles. The monoisotopic (exact) mass is 385 g/mol. The van der Waals surface area contributed by atoms with Gasteiger partial charge in [-0.2, -0.15) is 0 Å². The highest BCUT2D eigenvalue weighted by Crippen LogP contribution is 2.23. The average molecular weight is 385 g/mol. The van der Waals surface area contributed by atoms with Crippen LogP contribution in [0.4, 0.5) is 5.69 Å². The van der Waals surface area contributed by atoms with E-state index in [4.69, 9.17) is 4.74 Å². The lowest BCUT2D eigenvalue weighted by atomic mass is 10.0. The van der Waals surface area contributed by atoms with Crippen molar-refractivity contribution < 1.29 is 19.1 Å². The second-order valence-corrected chi connectivity index (χ2v) is 6.81. The Labute approximate surface area is 168 Å². The van der Waals surface area contributed by atoms with Gasteiger partial charge in [0.15, 0.2) is 0 Å². The van der Waals surface area contributed by atoms with E-state index in [9.17, 15) is 14.4 Å². The summed E-state index contributed by atoms with van der Waals surface area (Å²) in [4.78, 5) is 37.0. The molecule has 0 bridgehead atoms. The van der Waals surface area contributed by atoms with Crippen molar-refractivity contribution in [1.82, 2.24) is 0 Å². The van der Waals surface area contributed by atoms with Crippen molar-refractivity contribution >= 4 is 23.5 Å². The van der Waals surface area contributed by atoms with E-state index in [0.29, 0.717) is 11.3 Å². The fourth-order valence-electron chi connectivity index (χ4n) is 3.27. The number of esters is 1. The first-order valence-corrected chi connectivity index (χ1v) is 9.39. The third kappa shape index (κ3) is 4.09. The van der Waals surface area contributed by atoms with Crippen molar-refractivity contribution in [2.45, 2.75) is 19.4 Å². The summed E-state index contributed by atoms with van der Waals surface area (Å²) in [6.07, 6.45) is 0.456. The summed E-state index contributed by atoms with van der Waals surface area (Å²) in [6, 6.07) is 24.2. The third-order valence-corrected chi connectivity index (χ3v) is 4.84. The van der Waals surface area contributed by atoms with E-state index in [1.807, 2.05) is 54.6 Å². The standard InChI is InChI=1S/C24H19NO4/c26-22-14-15-23(27)25(22)21-12-10-20(11-13-21)24(28)29-16-17-6-8-19(9-7-17)18-4-2-1-3-5-18/h1-13H,14-16H2. The molecule has 2 amide bonds. The number of benzene rings is 3. The maximum absolute atomic E-state index is 12.3. The zero-order chi connectivity index (χ0) is 20.2. The van der Waals surface area contributed by atoms with Gasteiger partial charge in [-0.3, -0.25) is 14.5 Å². The van der Waals surface area contributed by atoms with Crippen LogP contribution in [0.15, 0.2) is 78.9 Å². The maximum Gasteiger partial charge on any atom is 0.338 e. The molecule has 0 unspecified atom stereocenters. The van der Waals surface area contributed by atoms with Crippen LogP contribution >= 0.6 is 0 Å². The maximum atomic E-state index is 12.3. The summed E-state index contributed by atoms with van der Waals surface area (Å²) >= 11 is 0. The van der Waals surface area contributed by atoms with Crippen molar-refractivity contribution in [2.75, 3.05) is 4.90 Å². The Morgan fingerprint density at radius 2 is 1.34 bits per heavy atom. The number of amides is 2. The molecule has 5 heteroatoms. The lowest BCUT2D eigenvalue weighted by molar-refractivity contribution is -0.121. The quantitative estimate of drug-likeness (QED) is 0.483. The van der Waals surface area contributed by atoms with Crippen molar-refractivity contribution in [1.29, 1.82) is 0 Å². The summed E-state index contributed by atoms with van der Waals surface area (Å²) in [7, 11) is 0. The van der Waals surface area contributed by atoms with Gasteiger partial charge in [0, 0.05) is 12.8 Å². The van der Waals surface area contributed by atoms with E-state index >= 15 is 0 Å². The number of ether oxygens (including phenoxy) is 1. The first-order chi connectivity index (χ1) is 14.1. The molecule has 29 heavy (non-hydrogen) atoms. The fraction of sp³-hybridized carbons (Fsp3) is 0.125. The Kier molecular flexibility index (Phi) is 5.20. The predicted octanol–water partition coefficient (Wildman–Crippen LogP) is 4.36. The Morgan fingerprint density at radius 1 is 0.759 bits per heavy atom. The van der Waals surface area contributed by atoms with Gasteiger partial charge in [0.05, 0.1) is 11.3 Å². The van der Waals surface area contributed by atoms with E-state index in [1.54, 1.807) is 24.3 Å². The first kappa shape index (κ1) is 18.6. The molecule has 144 valence electrons. The molecule has 1 saturated heterocycles. The Balaban J connectivity index is 1.37. The molecule has 4 rings (SSSR count). The molecule has 5 nitrogen and oxygen atoms in total. The van der Waals surface area contributed by atoms with Gasteiger partial charge >= 0.3 is 5.97 Å². The molecule has 0 saturated carbocycles. The third-order valence-electron chi connectivity index (χ3n) is 4.84. The SMILES string of the molecule is O=C(OCc1ccc(-c2ccccc2)cc1)c1ccc(N2C(=O)CCC2=O)cc1. The van der Waals surface area contributed by atoms with Crippen LogP contribution in [0, 0.1) is 0 Å². The minimum Gasteiger partial charge on any atom is -0.457 e. The summed E-state index contributed by atoms with van der Waals surface area (Å²) < 4.78 is 5.38. The molecule has 1 fully saturated rings. The Morgan fingerprint density at radius 3 is 1.97 bits per heavy atom. The lowest BCUT2D eigenvalue weighted by Crippen LogP contribution is -2.28. The number of hydrogen-bond donors (Lipinski definition) is 0. The van der Waals surface area contributed by atoms with Crippen LogP contribution in [-0.4, -0.2) is 17.8 Å². The lowest BCUT2D eigenvalue weighted by Gasteiger charge is -2.14. The number of imide groups is 1. The van der Waals surface area contributed by atoms with Gasteiger partial charge in [0.2, 0.25) is 11.8 Å². The first-order valence-electron chi connectivity index (χ1n) is 9.39. The van der Waals surface area contributed by atoms with Gasteiger partial charge in [0.25, 0.3) is 0 Å². The summed E-state index contributed by atoms with van der Waals surface area (Å²) in [6.45, 7) is 0.165. The second kappa shape index (κ2) is 8.10. The number of hydrogen-bond acceptors (Lipinski definition) is 4. The molecule has 0 spiro atoms. The number of carbonyl (C=O) groups is 3. The van der Waals surface area contributed by atoms with Gasteiger partial charge in [-0.1, -0.05) is 54.6 Å². The zero-order valence-corrected chi connectivity index (χ0v) is 15.7. The smallest absolute Gasteiger partial charge is 0.338 e. The summed E-state index contributed by atoms with van der Waals surface area (Å²) in [5.74, 6) is -0.892. The topological polar surface area (TPSA) is 63.7 Å². The normalized spacial score (nSPS) is 13.6. The van der Waals surface area contributed by atoms with E-state index in [0.717, 1.165) is 21.6 Å². The number of carbonyl (C=O) groups excluding carboxylic acids is 3. The Bertz CT molecular complexity index is 1020. The number of rotatable bonds is 5. The molecule has 3 aromatic rings. The van der Waals surface area contributed by atoms with Crippen LogP contribution in [-0.2, 0) is 20.9 Å². The molecule has 1 aliphatic rings. The van der Waals surface area contributed by atoms with Crippen molar-refractivity contribution in [3.05, 3.63) is 90.0 Å². The molecule has 1 heterocycles.